The third-order valence-corrected chi connectivity index (χ3v) is 2.22. The molecule has 0 saturated heterocycles. The van der Waals surface area contributed by atoms with Gasteiger partial charge in [0.1, 0.15) is 0 Å². The van der Waals surface area contributed by atoms with Gasteiger partial charge in [-0.15, -0.1) is 0 Å². The molecule has 2 aromatic rings. The molecule has 0 spiro atoms. The van der Waals surface area contributed by atoms with Crippen molar-refractivity contribution in [2.45, 2.75) is 0 Å². The lowest BCUT2D eigenvalue weighted by molar-refractivity contribution is 0.509. The third kappa shape index (κ3) is 1.51. The highest BCUT2D eigenvalue weighted by Crippen LogP contribution is 2.26. The van der Waals surface area contributed by atoms with Crippen LogP contribution in [0.15, 0.2) is 30.5 Å². The molecule has 2 rings (SSSR count). The molecule has 0 atom stereocenters. The molecular formula is C10H6ClF2N. The topological polar surface area (TPSA) is 15.8 Å². The van der Waals surface area contributed by atoms with Crippen molar-refractivity contribution >= 4 is 11.6 Å². The molecule has 14 heavy (non-hydrogen) atoms. The molecule has 1 aromatic heterocycles. The predicted molar refractivity (Wildman–Crippen MR) is 51.2 cm³/mol. The van der Waals surface area contributed by atoms with Crippen LogP contribution in [0, 0.1) is 11.6 Å². The van der Waals surface area contributed by atoms with Gasteiger partial charge in [-0.2, -0.15) is 0 Å². The van der Waals surface area contributed by atoms with Gasteiger partial charge in [0.05, 0.1) is 10.7 Å². The van der Waals surface area contributed by atoms with Gasteiger partial charge < -0.3 is 4.98 Å². The molecule has 72 valence electrons. The average molecular weight is 214 g/mol. The van der Waals surface area contributed by atoms with Gasteiger partial charge in [-0.1, -0.05) is 11.6 Å². The normalized spacial score (nSPS) is 10.5. The first-order valence-electron chi connectivity index (χ1n) is 3.97. The zero-order chi connectivity index (χ0) is 10.1. The average Bonchev–Trinajstić information content (AvgIpc) is 2.57. The summed E-state index contributed by atoms with van der Waals surface area (Å²) >= 11 is 5.82. The molecular weight excluding hydrogens is 208 g/mol. The Hall–Kier alpha value is -1.35. The lowest BCUT2D eigenvalue weighted by atomic mass is 10.1. The van der Waals surface area contributed by atoms with E-state index in [0.717, 1.165) is 12.1 Å². The lowest BCUT2D eigenvalue weighted by Crippen LogP contribution is -1.85. The summed E-state index contributed by atoms with van der Waals surface area (Å²) in [6.07, 6.45) is 1.64. The first-order chi connectivity index (χ1) is 6.68. The van der Waals surface area contributed by atoms with Crippen molar-refractivity contribution < 1.29 is 8.78 Å². The van der Waals surface area contributed by atoms with Gasteiger partial charge in [-0.3, -0.25) is 0 Å². The number of aromatic amines is 1. The molecule has 0 aliphatic carbocycles. The fourth-order valence-electron chi connectivity index (χ4n) is 1.22. The number of hydrogen-bond acceptors (Lipinski definition) is 0. The zero-order valence-corrected chi connectivity index (χ0v) is 7.78. The van der Waals surface area contributed by atoms with E-state index < -0.39 is 11.6 Å². The monoisotopic (exact) mass is 213 g/mol. The highest BCUT2D eigenvalue weighted by atomic mass is 35.5. The van der Waals surface area contributed by atoms with E-state index in [4.69, 9.17) is 11.6 Å². The Morgan fingerprint density at radius 2 is 1.86 bits per heavy atom. The number of nitrogens with one attached hydrogen (secondary N) is 1. The van der Waals surface area contributed by atoms with Crippen molar-refractivity contribution in [3.63, 3.8) is 0 Å². The summed E-state index contributed by atoms with van der Waals surface area (Å²) < 4.78 is 25.5. The molecule has 1 nitrogen and oxygen atoms in total. The lowest BCUT2D eigenvalue weighted by Gasteiger charge is -2.00. The minimum absolute atomic E-state index is 0.482. The quantitative estimate of drug-likeness (QED) is 0.745. The van der Waals surface area contributed by atoms with Crippen LogP contribution in [0.2, 0.25) is 5.02 Å². The van der Waals surface area contributed by atoms with E-state index in [1.54, 1.807) is 12.3 Å². The standard InChI is InChI=1S/C10H6ClF2N/c11-7-3-4-14-10(7)6-1-2-8(12)9(13)5-6/h1-5,14H. The van der Waals surface area contributed by atoms with Crippen LogP contribution in [-0.2, 0) is 0 Å². The second-order valence-electron chi connectivity index (χ2n) is 2.83. The van der Waals surface area contributed by atoms with E-state index in [1.165, 1.54) is 6.07 Å². The van der Waals surface area contributed by atoms with Crippen LogP contribution in [-0.4, -0.2) is 4.98 Å². The summed E-state index contributed by atoms with van der Waals surface area (Å²) in [6, 6.07) is 5.29. The Kier molecular flexibility index (Phi) is 2.25. The number of benzene rings is 1. The van der Waals surface area contributed by atoms with Crippen molar-refractivity contribution in [2.75, 3.05) is 0 Å². The number of H-pyrrole nitrogens is 1. The predicted octanol–water partition coefficient (Wildman–Crippen LogP) is 3.61. The summed E-state index contributed by atoms with van der Waals surface area (Å²) in [5.74, 6) is -1.75. The van der Waals surface area contributed by atoms with Crippen molar-refractivity contribution in [1.29, 1.82) is 0 Å². The number of aromatic nitrogens is 1. The molecule has 1 aromatic carbocycles. The van der Waals surface area contributed by atoms with Gasteiger partial charge in [0.2, 0.25) is 0 Å². The molecule has 0 unspecified atom stereocenters. The fraction of sp³-hybridized carbons (Fsp3) is 0. The molecule has 1 N–H and O–H groups in total. The van der Waals surface area contributed by atoms with Gasteiger partial charge in [0, 0.05) is 11.8 Å². The highest BCUT2D eigenvalue weighted by molar-refractivity contribution is 6.33. The second-order valence-corrected chi connectivity index (χ2v) is 3.24. The minimum Gasteiger partial charge on any atom is -0.360 e. The molecule has 0 aliphatic rings. The molecule has 0 aliphatic heterocycles. The summed E-state index contributed by atoms with van der Waals surface area (Å²) in [4.78, 5) is 2.85. The number of rotatable bonds is 1. The van der Waals surface area contributed by atoms with Gasteiger partial charge in [-0.05, 0) is 24.3 Å². The van der Waals surface area contributed by atoms with E-state index in [1.807, 2.05) is 0 Å². The molecule has 0 bridgehead atoms. The van der Waals surface area contributed by atoms with E-state index in [2.05, 4.69) is 4.98 Å². The molecule has 0 amide bonds. The molecule has 0 fully saturated rings. The van der Waals surface area contributed by atoms with Crippen molar-refractivity contribution in [3.8, 4) is 11.3 Å². The maximum absolute atomic E-state index is 12.9. The van der Waals surface area contributed by atoms with Crippen molar-refractivity contribution in [1.82, 2.24) is 4.98 Å². The number of halogens is 3. The van der Waals surface area contributed by atoms with Crippen molar-refractivity contribution in [2.24, 2.45) is 0 Å². The summed E-state index contributed by atoms with van der Waals surface area (Å²) in [5.41, 5.74) is 1.12. The Labute approximate surface area is 84.3 Å². The Morgan fingerprint density at radius 3 is 2.43 bits per heavy atom. The molecule has 4 heteroatoms. The summed E-state index contributed by atoms with van der Waals surface area (Å²) in [5, 5.41) is 0.482. The van der Waals surface area contributed by atoms with Crippen LogP contribution in [0.5, 0.6) is 0 Å². The smallest absolute Gasteiger partial charge is 0.159 e. The first-order valence-corrected chi connectivity index (χ1v) is 4.34. The van der Waals surface area contributed by atoms with Gasteiger partial charge in [0.15, 0.2) is 11.6 Å². The first kappa shape index (κ1) is 9.21. The maximum atomic E-state index is 12.9. The van der Waals surface area contributed by atoms with Crippen LogP contribution < -0.4 is 0 Å². The Morgan fingerprint density at radius 1 is 1.07 bits per heavy atom. The zero-order valence-electron chi connectivity index (χ0n) is 7.02. The molecule has 1 heterocycles. The summed E-state index contributed by atoms with van der Waals surface area (Å²) in [7, 11) is 0. The fourth-order valence-corrected chi connectivity index (χ4v) is 1.45. The Bertz CT molecular complexity index is 465. The van der Waals surface area contributed by atoms with E-state index in [-0.39, 0.29) is 0 Å². The SMILES string of the molecule is Fc1ccc(-c2[nH]ccc2Cl)cc1F. The van der Waals surface area contributed by atoms with Crippen molar-refractivity contribution in [3.05, 3.63) is 47.1 Å². The van der Waals surface area contributed by atoms with Crippen LogP contribution in [0.25, 0.3) is 11.3 Å². The largest absolute Gasteiger partial charge is 0.360 e. The van der Waals surface area contributed by atoms with E-state index in [9.17, 15) is 8.78 Å². The van der Waals surface area contributed by atoms with E-state index >= 15 is 0 Å². The highest BCUT2D eigenvalue weighted by Gasteiger charge is 2.07. The second kappa shape index (κ2) is 3.42. The molecule has 0 radical (unpaired) electrons. The van der Waals surface area contributed by atoms with Crippen LogP contribution in [0.3, 0.4) is 0 Å². The van der Waals surface area contributed by atoms with Crippen LogP contribution in [0.1, 0.15) is 0 Å². The van der Waals surface area contributed by atoms with Gasteiger partial charge in [-0.25, -0.2) is 8.78 Å². The van der Waals surface area contributed by atoms with E-state index in [0.29, 0.717) is 16.3 Å². The molecule has 0 saturated carbocycles. The van der Waals surface area contributed by atoms with Crippen LogP contribution >= 0.6 is 11.6 Å². The van der Waals surface area contributed by atoms with Gasteiger partial charge in [0.25, 0.3) is 0 Å². The maximum Gasteiger partial charge on any atom is 0.159 e. The van der Waals surface area contributed by atoms with Gasteiger partial charge >= 0.3 is 0 Å². The minimum atomic E-state index is -0.881. The Balaban J connectivity index is 2.53. The summed E-state index contributed by atoms with van der Waals surface area (Å²) in [6.45, 7) is 0. The third-order valence-electron chi connectivity index (χ3n) is 1.90. The number of hydrogen-bond donors (Lipinski definition) is 1. The van der Waals surface area contributed by atoms with Crippen LogP contribution in [0.4, 0.5) is 8.78 Å².